The molecule has 2 aromatic carbocycles. The zero-order valence-electron chi connectivity index (χ0n) is 15.1. The van der Waals surface area contributed by atoms with E-state index in [1.807, 2.05) is 49.5 Å². The fourth-order valence-corrected chi connectivity index (χ4v) is 2.89. The van der Waals surface area contributed by atoms with Crippen molar-refractivity contribution in [1.82, 2.24) is 15.5 Å². The molecule has 1 amide bonds. The summed E-state index contributed by atoms with van der Waals surface area (Å²) in [4.78, 5) is 24.0. The Morgan fingerprint density at radius 3 is 2.63 bits per heavy atom. The molecule has 1 heterocycles. The molecular formula is C20H23ClN4O2. The third kappa shape index (κ3) is 5.15. The van der Waals surface area contributed by atoms with Gasteiger partial charge in [-0.3, -0.25) is 9.59 Å². The second-order valence-corrected chi connectivity index (χ2v) is 6.14. The maximum absolute atomic E-state index is 12.1. The molecule has 27 heavy (non-hydrogen) atoms. The normalized spacial score (nSPS) is 10.4. The monoisotopic (exact) mass is 386 g/mol. The number of anilines is 1. The summed E-state index contributed by atoms with van der Waals surface area (Å²) in [5.41, 5.74) is 2.03. The van der Waals surface area contributed by atoms with Crippen LogP contribution in [0.1, 0.15) is 19.3 Å². The number of unbranched alkanes of at least 4 members (excludes halogenated alkanes) is 1. The Hall–Kier alpha value is -2.70. The van der Waals surface area contributed by atoms with Crippen molar-refractivity contribution in [2.45, 2.75) is 19.3 Å². The fourth-order valence-electron chi connectivity index (χ4n) is 2.89. The van der Waals surface area contributed by atoms with Crippen molar-refractivity contribution in [3.63, 3.8) is 0 Å². The number of H-pyrrole nitrogens is 1. The molecule has 3 rings (SSSR count). The average molecular weight is 387 g/mol. The molecule has 3 aromatic rings. The second kappa shape index (κ2) is 9.85. The number of aromatic amines is 1. The number of benzene rings is 2. The lowest BCUT2D eigenvalue weighted by atomic mass is 10.0. The number of nitrogens with one attached hydrogen (secondary N) is 3. The minimum absolute atomic E-state index is 0. The van der Waals surface area contributed by atoms with Crippen LogP contribution >= 0.6 is 12.4 Å². The lowest BCUT2D eigenvalue weighted by molar-refractivity contribution is -0.116. The molecule has 0 spiro atoms. The highest BCUT2D eigenvalue weighted by atomic mass is 35.5. The van der Waals surface area contributed by atoms with Crippen LogP contribution in [-0.2, 0) is 4.79 Å². The number of fused-ring (bicyclic) bond motifs is 1. The minimum atomic E-state index is -0.213. The molecule has 0 bridgehead atoms. The number of rotatable bonds is 7. The summed E-state index contributed by atoms with van der Waals surface area (Å²) in [6.07, 6.45) is 2.31. The molecule has 0 radical (unpaired) electrons. The number of nitrogens with zero attached hydrogens (tertiary/aromatic N) is 1. The van der Waals surface area contributed by atoms with Crippen LogP contribution in [0.3, 0.4) is 0 Å². The number of halogens is 1. The summed E-state index contributed by atoms with van der Waals surface area (Å²) in [7, 11) is 1.90. The number of hydrogen-bond donors (Lipinski definition) is 3. The van der Waals surface area contributed by atoms with Gasteiger partial charge in [-0.05, 0) is 44.6 Å². The van der Waals surface area contributed by atoms with E-state index < -0.39 is 0 Å². The van der Waals surface area contributed by atoms with Crippen molar-refractivity contribution >= 4 is 34.8 Å². The fraction of sp³-hybridized carbons (Fsp3) is 0.250. The Labute approximate surface area is 163 Å². The zero-order chi connectivity index (χ0) is 18.4. The average Bonchev–Trinajstić information content (AvgIpc) is 2.66. The highest BCUT2D eigenvalue weighted by molar-refractivity contribution is 5.95. The molecule has 0 saturated carbocycles. The van der Waals surface area contributed by atoms with Gasteiger partial charge in [0.25, 0.3) is 5.56 Å². The van der Waals surface area contributed by atoms with E-state index in [-0.39, 0.29) is 23.9 Å². The summed E-state index contributed by atoms with van der Waals surface area (Å²) in [5, 5.41) is 14.1. The first-order valence-corrected chi connectivity index (χ1v) is 8.71. The molecule has 6 nitrogen and oxygen atoms in total. The van der Waals surface area contributed by atoms with Crippen molar-refractivity contribution in [3.8, 4) is 11.3 Å². The maximum atomic E-state index is 12.1. The zero-order valence-corrected chi connectivity index (χ0v) is 15.9. The third-order valence-corrected chi connectivity index (χ3v) is 4.20. The smallest absolute Gasteiger partial charge is 0.272 e. The summed E-state index contributed by atoms with van der Waals surface area (Å²) in [6.45, 7) is 0.910. The Kier molecular flexibility index (Phi) is 7.52. The van der Waals surface area contributed by atoms with Crippen molar-refractivity contribution in [2.75, 3.05) is 18.9 Å². The van der Waals surface area contributed by atoms with Crippen molar-refractivity contribution in [2.24, 2.45) is 0 Å². The minimum Gasteiger partial charge on any atom is -0.326 e. The lowest BCUT2D eigenvalue weighted by Gasteiger charge is -2.09. The molecule has 0 saturated heterocycles. The van der Waals surface area contributed by atoms with Crippen molar-refractivity contribution < 1.29 is 4.79 Å². The molecule has 1 aromatic heterocycles. The largest absolute Gasteiger partial charge is 0.326 e. The Balaban J connectivity index is 0.00000261. The van der Waals surface area contributed by atoms with E-state index in [0.29, 0.717) is 17.5 Å². The molecule has 0 atom stereocenters. The van der Waals surface area contributed by atoms with Crippen LogP contribution in [-0.4, -0.2) is 29.7 Å². The molecule has 0 aliphatic carbocycles. The van der Waals surface area contributed by atoms with Crippen molar-refractivity contribution in [3.05, 3.63) is 58.9 Å². The highest BCUT2D eigenvalue weighted by Gasteiger charge is 2.09. The van der Waals surface area contributed by atoms with Crippen LogP contribution in [0.15, 0.2) is 53.3 Å². The highest BCUT2D eigenvalue weighted by Crippen LogP contribution is 2.26. The molecule has 0 aliphatic rings. The first kappa shape index (κ1) is 20.6. The number of carbonyl (C=O) groups excluding carboxylic acids is 1. The molecule has 0 unspecified atom stereocenters. The van der Waals surface area contributed by atoms with Gasteiger partial charge in [-0.2, -0.15) is 5.10 Å². The van der Waals surface area contributed by atoms with Crippen molar-refractivity contribution in [1.29, 1.82) is 0 Å². The Morgan fingerprint density at radius 2 is 1.85 bits per heavy atom. The van der Waals surface area contributed by atoms with Gasteiger partial charge in [-0.25, -0.2) is 5.10 Å². The van der Waals surface area contributed by atoms with Crippen LogP contribution in [0.5, 0.6) is 0 Å². The first-order valence-electron chi connectivity index (χ1n) is 8.71. The van der Waals surface area contributed by atoms with Gasteiger partial charge in [0.05, 0.1) is 11.1 Å². The predicted molar refractivity (Wildman–Crippen MR) is 111 cm³/mol. The van der Waals surface area contributed by atoms with Gasteiger partial charge in [-0.15, -0.1) is 12.4 Å². The molecule has 142 valence electrons. The standard InChI is InChI=1S/C20H22N4O2.ClH/c1-21-12-5-4-11-18(25)22-15-8-6-7-14(13-15)19-16-9-2-3-10-17(16)20(26)24-23-19;/h2-3,6-10,13,21H,4-5,11-12H2,1H3,(H,22,25)(H,24,26);1H. The quantitative estimate of drug-likeness (QED) is 0.543. The second-order valence-electron chi connectivity index (χ2n) is 6.14. The van der Waals surface area contributed by atoms with Crippen LogP contribution in [0.25, 0.3) is 22.0 Å². The van der Waals surface area contributed by atoms with Gasteiger partial charge in [0.1, 0.15) is 0 Å². The Bertz CT molecular complexity index is 971. The van der Waals surface area contributed by atoms with Gasteiger partial charge in [0, 0.05) is 23.1 Å². The maximum Gasteiger partial charge on any atom is 0.272 e. The van der Waals surface area contributed by atoms with Gasteiger partial charge in [-0.1, -0.05) is 30.3 Å². The predicted octanol–water partition coefficient (Wildman–Crippen LogP) is 3.34. The number of hydrogen-bond acceptors (Lipinski definition) is 4. The summed E-state index contributed by atoms with van der Waals surface area (Å²) in [6, 6.07) is 14.9. The lowest BCUT2D eigenvalue weighted by Crippen LogP contribution is -2.13. The summed E-state index contributed by atoms with van der Waals surface area (Å²) in [5.74, 6) is -0.00228. The van der Waals surface area contributed by atoms with E-state index in [2.05, 4.69) is 20.8 Å². The van der Waals surface area contributed by atoms with Gasteiger partial charge >= 0.3 is 0 Å². The van der Waals surface area contributed by atoms with Crippen LogP contribution in [0.4, 0.5) is 5.69 Å². The van der Waals surface area contributed by atoms with E-state index in [0.717, 1.165) is 36.0 Å². The van der Waals surface area contributed by atoms with Gasteiger partial charge in [0.15, 0.2) is 0 Å². The molecule has 0 fully saturated rings. The molecule has 7 heteroatoms. The van der Waals surface area contributed by atoms with E-state index in [1.165, 1.54) is 0 Å². The topological polar surface area (TPSA) is 86.9 Å². The van der Waals surface area contributed by atoms with Gasteiger partial charge in [0.2, 0.25) is 5.91 Å². The van der Waals surface area contributed by atoms with E-state index >= 15 is 0 Å². The van der Waals surface area contributed by atoms with Crippen LogP contribution in [0.2, 0.25) is 0 Å². The van der Waals surface area contributed by atoms with E-state index in [9.17, 15) is 9.59 Å². The summed E-state index contributed by atoms with van der Waals surface area (Å²) >= 11 is 0. The number of amides is 1. The van der Waals surface area contributed by atoms with Crippen LogP contribution in [0, 0.1) is 0 Å². The first-order chi connectivity index (χ1) is 12.7. The van der Waals surface area contributed by atoms with Crippen LogP contribution < -0.4 is 16.2 Å². The molecule has 3 N–H and O–H groups in total. The SMILES string of the molecule is CNCCCCC(=O)Nc1cccc(-c2n[nH]c(=O)c3ccccc23)c1.Cl. The summed E-state index contributed by atoms with van der Waals surface area (Å²) < 4.78 is 0. The molecule has 0 aliphatic heterocycles. The Morgan fingerprint density at radius 1 is 1.07 bits per heavy atom. The van der Waals surface area contributed by atoms with E-state index in [1.54, 1.807) is 6.07 Å². The van der Waals surface area contributed by atoms with E-state index in [4.69, 9.17) is 0 Å². The number of carbonyl (C=O) groups is 1. The van der Waals surface area contributed by atoms with Gasteiger partial charge < -0.3 is 10.6 Å². The number of aromatic nitrogens is 2. The molecular weight excluding hydrogens is 364 g/mol. The third-order valence-electron chi connectivity index (χ3n) is 4.20.